The maximum absolute atomic E-state index is 12.2. The first-order chi connectivity index (χ1) is 32.6. The molecule has 2 heterocycles. The molecule has 0 saturated heterocycles. The molecule has 0 amide bonds. The number of aromatic nitrogens is 2. The average molecular weight is 1060 g/mol. The van der Waals surface area contributed by atoms with Crippen molar-refractivity contribution in [1.29, 1.82) is 0 Å². The number of hydrogen-bond donors (Lipinski definition) is 1. The number of fused-ring (bicyclic) bond motifs is 2. The Morgan fingerprint density at radius 2 is 1.12 bits per heavy atom. The van der Waals surface area contributed by atoms with Gasteiger partial charge in [0.25, 0.3) is 0 Å². The van der Waals surface area contributed by atoms with Gasteiger partial charge in [0.05, 0.1) is 17.9 Å². The smallest absolute Gasteiger partial charge is 0.162 e. The van der Waals surface area contributed by atoms with E-state index in [0.29, 0.717) is 18.3 Å². The number of nitrogens with zero attached hydrogens (tertiary/aromatic N) is 2. The Balaban J connectivity index is 0.000000199. The summed E-state index contributed by atoms with van der Waals surface area (Å²) in [5.74, 6) is 0.933. The van der Waals surface area contributed by atoms with Crippen molar-refractivity contribution in [3.8, 4) is 22.5 Å². The average Bonchev–Trinajstić information content (AvgIpc) is 3.33. The summed E-state index contributed by atoms with van der Waals surface area (Å²) >= 11 is 0. The SMILES string of the molecule is CCC(CC)C(=O)/C=C(\O)C(CC)CCF.[2H]c1nc(-c2[c-]c(C)cc(C)c2)c2ccc(C3CCCCC3)cc2c1[2H].[2H]c1nc(-c2[c-]c(C)cc(C)c2)c2ccc(C3CCCCC3)cc2c1[2H].[Ir]. The van der Waals surface area contributed by atoms with Crippen LogP contribution in [0.4, 0.5) is 4.39 Å². The van der Waals surface area contributed by atoms with E-state index >= 15 is 0 Å². The molecule has 4 aromatic carbocycles. The van der Waals surface area contributed by atoms with Gasteiger partial charge in [-0.05, 0) is 119 Å². The number of carbonyl (C=O) groups excluding carboxylic acids is 1. The zero-order chi connectivity index (χ0) is 49.1. The summed E-state index contributed by atoms with van der Waals surface area (Å²) in [5.41, 5.74) is 10.4. The van der Waals surface area contributed by atoms with E-state index in [1.807, 2.05) is 34.6 Å². The molecular formula is C59H71FIrN2O2-2. The molecule has 2 aliphatic carbocycles. The van der Waals surface area contributed by atoms with Crippen LogP contribution in [0.3, 0.4) is 0 Å². The number of aryl methyl sites for hydroxylation is 4. The zero-order valence-electron chi connectivity index (χ0n) is 43.7. The number of pyridine rings is 2. The molecule has 0 aliphatic heterocycles. The number of carbonyl (C=O) groups is 1. The molecular weight excluding hydrogens is 980 g/mol. The second-order valence-corrected chi connectivity index (χ2v) is 18.3. The summed E-state index contributed by atoms with van der Waals surface area (Å²) in [5, 5.41) is 13.3. The maximum atomic E-state index is 12.2. The van der Waals surface area contributed by atoms with Crippen LogP contribution in [0.5, 0.6) is 0 Å². The molecule has 8 rings (SSSR count). The second kappa shape index (κ2) is 25.4. The summed E-state index contributed by atoms with van der Waals surface area (Å²) in [6.45, 7) is 13.5. The fraction of sp³-hybridized carbons (Fsp3) is 0.441. The second-order valence-electron chi connectivity index (χ2n) is 18.3. The van der Waals surface area contributed by atoms with Gasteiger partial charge in [-0.2, -0.15) is 0 Å². The number of ketones is 1. The fourth-order valence-electron chi connectivity index (χ4n) is 9.75. The van der Waals surface area contributed by atoms with Gasteiger partial charge in [0, 0.05) is 50.4 Å². The molecule has 65 heavy (non-hydrogen) atoms. The fourth-order valence-corrected chi connectivity index (χ4v) is 9.75. The van der Waals surface area contributed by atoms with Crippen molar-refractivity contribution in [3.05, 3.63) is 142 Å². The molecule has 6 aromatic rings. The Kier molecular flexibility index (Phi) is 17.8. The standard InChI is InChI=1S/2C23H24N.C13H23FO2.Ir/c2*1-16-12-17(2)14-21(13-16)23-22-9-8-19(15-20(22)10-11-24-23)18-6-4-3-5-7-18;1-4-10(5-2)12(15)9-13(16)11(6-3)7-8-14;/h2*8-13,15,18H,3-7H2,1-2H3;9-11,16H,4-8H2,1-3H3;/q2*-1;;/b;;13-9-;/i2*10D,11D;;. The molecule has 1 atom stereocenters. The Labute approximate surface area is 409 Å². The number of aliphatic hydroxyl groups excluding tert-OH is 1. The number of benzene rings is 4. The van der Waals surface area contributed by atoms with Crippen LogP contribution in [0.2, 0.25) is 0 Å². The van der Waals surface area contributed by atoms with Gasteiger partial charge < -0.3 is 15.1 Å². The third-order valence-electron chi connectivity index (χ3n) is 13.3. The van der Waals surface area contributed by atoms with Gasteiger partial charge in [-0.15, -0.1) is 69.8 Å². The summed E-state index contributed by atoms with van der Waals surface area (Å²) < 4.78 is 45.4. The van der Waals surface area contributed by atoms with E-state index in [4.69, 9.17) is 5.48 Å². The molecule has 0 spiro atoms. The van der Waals surface area contributed by atoms with Crippen molar-refractivity contribution >= 4 is 27.3 Å². The summed E-state index contributed by atoms with van der Waals surface area (Å²) in [6.07, 6.45) is 16.6. The van der Waals surface area contributed by atoms with Crippen LogP contribution >= 0.6 is 0 Å². The van der Waals surface area contributed by atoms with Crippen LogP contribution in [0.25, 0.3) is 44.1 Å². The molecule has 1 radical (unpaired) electrons. The van der Waals surface area contributed by atoms with E-state index in [1.54, 1.807) is 0 Å². The largest absolute Gasteiger partial charge is 0.512 e. The van der Waals surface area contributed by atoms with Crippen LogP contribution in [0.1, 0.15) is 161 Å². The molecule has 1 N–H and O–H groups in total. The van der Waals surface area contributed by atoms with Crippen LogP contribution in [-0.2, 0) is 24.9 Å². The first-order valence-electron chi connectivity index (χ1n) is 26.0. The first kappa shape index (κ1) is 45.6. The van der Waals surface area contributed by atoms with E-state index in [9.17, 15) is 14.3 Å². The Hall–Kier alpha value is -4.51. The molecule has 0 bridgehead atoms. The van der Waals surface area contributed by atoms with Crippen molar-refractivity contribution in [2.75, 3.05) is 6.67 Å². The third kappa shape index (κ3) is 14.0. The summed E-state index contributed by atoms with van der Waals surface area (Å²) in [6, 6.07) is 28.4. The minimum absolute atomic E-state index is 0. The number of halogens is 1. The molecule has 4 nitrogen and oxygen atoms in total. The van der Waals surface area contributed by atoms with Gasteiger partial charge in [-0.1, -0.05) is 123 Å². The maximum Gasteiger partial charge on any atom is 0.162 e. The van der Waals surface area contributed by atoms with Gasteiger partial charge in [-0.25, -0.2) is 0 Å². The van der Waals surface area contributed by atoms with Crippen LogP contribution in [-0.4, -0.2) is 27.5 Å². The Morgan fingerprint density at radius 1 is 0.692 bits per heavy atom. The summed E-state index contributed by atoms with van der Waals surface area (Å²) in [4.78, 5) is 20.6. The number of rotatable bonds is 12. The summed E-state index contributed by atoms with van der Waals surface area (Å²) in [7, 11) is 0. The van der Waals surface area contributed by atoms with Crippen molar-refractivity contribution in [2.45, 2.75) is 150 Å². The Morgan fingerprint density at radius 3 is 1.51 bits per heavy atom. The van der Waals surface area contributed by atoms with Gasteiger partial charge in [0.15, 0.2) is 5.78 Å². The Bertz CT molecular complexity index is 2520. The molecule has 2 aliphatic rings. The molecule has 6 heteroatoms. The quantitative estimate of drug-likeness (QED) is 0.0754. The van der Waals surface area contributed by atoms with Gasteiger partial charge in [0.1, 0.15) is 0 Å². The van der Waals surface area contributed by atoms with Gasteiger partial charge >= 0.3 is 0 Å². The van der Waals surface area contributed by atoms with E-state index in [0.717, 1.165) is 79.2 Å². The first-order valence-corrected chi connectivity index (χ1v) is 24.0. The molecule has 2 saturated carbocycles. The molecule has 2 fully saturated rings. The monoisotopic (exact) mass is 1060 g/mol. The zero-order valence-corrected chi connectivity index (χ0v) is 42.1. The molecule has 347 valence electrons. The molecule has 2 aromatic heterocycles. The van der Waals surface area contributed by atoms with Crippen LogP contribution in [0, 0.1) is 51.7 Å². The van der Waals surface area contributed by atoms with Crippen LogP contribution in [0.15, 0.2) is 96.9 Å². The number of hydrogen-bond acceptors (Lipinski definition) is 4. The van der Waals surface area contributed by atoms with Gasteiger partial charge in [0.2, 0.25) is 0 Å². The van der Waals surface area contributed by atoms with E-state index in [2.05, 4.69) is 96.6 Å². The van der Waals surface area contributed by atoms with Crippen molar-refractivity contribution in [1.82, 2.24) is 9.97 Å². The van der Waals surface area contributed by atoms with Crippen LogP contribution < -0.4 is 0 Å². The predicted octanol–water partition coefficient (Wildman–Crippen LogP) is 16.5. The predicted molar refractivity (Wildman–Crippen MR) is 267 cm³/mol. The van der Waals surface area contributed by atoms with E-state index < -0.39 is 6.67 Å². The van der Waals surface area contributed by atoms with Crippen molar-refractivity contribution < 1.29 is 39.9 Å². The normalized spacial score (nSPS) is 16.0. The minimum Gasteiger partial charge on any atom is -0.512 e. The number of allylic oxidation sites excluding steroid dienone is 2. The topological polar surface area (TPSA) is 63.1 Å². The van der Waals surface area contributed by atoms with E-state index in [-0.39, 0.29) is 74.3 Å². The van der Waals surface area contributed by atoms with E-state index in [1.165, 1.54) is 81.4 Å². The third-order valence-corrected chi connectivity index (χ3v) is 13.3. The van der Waals surface area contributed by atoms with Crippen molar-refractivity contribution in [2.24, 2.45) is 11.8 Å². The van der Waals surface area contributed by atoms with Crippen molar-refractivity contribution in [3.63, 3.8) is 0 Å². The van der Waals surface area contributed by atoms with Gasteiger partial charge in [-0.3, -0.25) is 9.18 Å². The minimum atomic E-state index is -0.463. The number of aliphatic hydroxyl groups is 1. The molecule has 1 unspecified atom stereocenters. The number of alkyl halides is 1.